The lowest BCUT2D eigenvalue weighted by molar-refractivity contribution is -0.204. The predicted octanol–water partition coefficient (Wildman–Crippen LogP) is 2.35. The molecule has 0 aliphatic carbocycles. The first-order chi connectivity index (χ1) is 12.2. The molecular formula is C17H20F3N3O3. The van der Waals surface area contributed by atoms with Gasteiger partial charge < -0.3 is 5.32 Å². The molecule has 26 heavy (non-hydrogen) atoms. The van der Waals surface area contributed by atoms with Crippen molar-refractivity contribution in [2.24, 2.45) is 0 Å². The lowest BCUT2D eigenvalue weighted by Crippen LogP contribution is -2.69. The zero-order valence-electron chi connectivity index (χ0n) is 14.2. The first kappa shape index (κ1) is 19.7. The number of rotatable bonds is 7. The molecule has 2 N–H and O–H groups in total. The molecule has 0 radical (unpaired) electrons. The molecule has 1 aliphatic rings. The van der Waals surface area contributed by atoms with Gasteiger partial charge in [-0.25, -0.2) is 4.79 Å². The number of carbonyl (C=O) groups is 3. The Hall–Kier alpha value is -2.58. The lowest BCUT2D eigenvalue weighted by Gasteiger charge is -2.29. The second-order valence-corrected chi connectivity index (χ2v) is 6.02. The van der Waals surface area contributed by atoms with Crippen LogP contribution in [0.15, 0.2) is 30.3 Å². The normalized spacial score (nSPS) is 20.2. The molecule has 2 rings (SSSR count). The second-order valence-electron chi connectivity index (χ2n) is 6.02. The Labute approximate surface area is 148 Å². The molecule has 0 saturated carbocycles. The van der Waals surface area contributed by atoms with Crippen molar-refractivity contribution in [1.82, 2.24) is 15.5 Å². The molecule has 0 bridgehead atoms. The lowest BCUT2D eigenvalue weighted by atomic mass is 10.1. The highest BCUT2D eigenvalue weighted by Gasteiger charge is 2.68. The number of alkyl halides is 3. The van der Waals surface area contributed by atoms with Gasteiger partial charge in [0.1, 0.15) is 0 Å². The minimum atomic E-state index is -5.16. The van der Waals surface area contributed by atoms with Crippen molar-refractivity contribution in [3.63, 3.8) is 0 Å². The smallest absolute Gasteiger partial charge is 0.318 e. The molecular weight excluding hydrogens is 351 g/mol. The Morgan fingerprint density at radius 3 is 2.46 bits per heavy atom. The number of benzene rings is 1. The maximum atomic E-state index is 13.6. The zero-order chi connectivity index (χ0) is 19.4. The molecule has 4 amide bonds. The Balaban J connectivity index is 2.13. The van der Waals surface area contributed by atoms with Crippen molar-refractivity contribution in [3.05, 3.63) is 35.9 Å². The van der Waals surface area contributed by atoms with Gasteiger partial charge in [0.15, 0.2) is 0 Å². The number of unbranched alkanes of at least 4 members (excludes halogenated alkanes) is 1. The van der Waals surface area contributed by atoms with E-state index in [1.165, 1.54) is 0 Å². The van der Waals surface area contributed by atoms with Gasteiger partial charge in [-0.1, -0.05) is 43.7 Å². The monoisotopic (exact) mass is 371 g/mol. The predicted molar refractivity (Wildman–Crippen MR) is 86.8 cm³/mol. The van der Waals surface area contributed by atoms with Crippen molar-refractivity contribution in [2.75, 3.05) is 6.54 Å². The summed E-state index contributed by atoms with van der Waals surface area (Å²) in [4.78, 5) is 36.7. The van der Waals surface area contributed by atoms with E-state index < -0.39 is 29.7 Å². The standard InChI is InChI=1S/C17H20F3N3O3/c1-2-3-11-23-14(25)16(17(18,19)20,22-15(23)26)21-13(24)10-9-12-7-5-4-6-8-12/h4-8H,2-3,9-11H2,1H3,(H,21,24)(H,22,26). The fourth-order valence-electron chi connectivity index (χ4n) is 2.62. The molecule has 1 aliphatic heterocycles. The van der Waals surface area contributed by atoms with Crippen LogP contribution in [0.25, 0.3) is 0 Å². The first-order valence-corrected chi connectivity index (χ1v) is 8.27. The summed E-state index contributed by atoms with van der Waals surface area (Å²) in [6.45, 7) is 1.64. The number of imide groups is 1. The highest BCUT2D eigenvalue weighted by molar-refractivity contribution is 6.08. The van der Waals surface area contributed by atoms with Gasteiger partial charge in [0.2, 0.25) is 5.91 Å². The van der Waals surface area contributed by atoms with Gasteiger partial charge in [0.05, 0.1) is 0 Å². The van der Waals surface area contributed by atoms with Crippen LogP contribution >= 0.6 is 0 Å². The van der Waals surface area contributed by atoms with E-state index in [-0.39, 0.29) is 19.4 Å². The van der Waals surface area contributed by atoms with Gasteiger partial charge in [-0.05, 0) is 18.4 Å². The van der Waals surface area contributed by atoms with Crippen LogP contribution in [0.2, 0.25) is 0 Å². The fourth-order valence-corrected chi connectivity index (χ4v) is 2.62. The summed E-state index contributed by atoms with van der Waals surface area (Å²) in [6.07, 6.45) is -4.24. The minimum absolute atomic E-state index is 0.140. The van der Waals surface area contributed by atoms with Crippen LogP contribution in [0.1, 0.15) is 31.7 Å². The van der Waals surface area contributed by atoms with Crippen molar-refractivity contribution in [3.8, 4) is 0 Å². The summed E-state index contributed by atoms with van der Waals surface area (Å²) in [7, 11) is 0. The van der Waals surface area contributed by atoms with Crippen molar-refractivity contribution in [1.29, 1.82) is 0 Å². The number of urea groups is 1. The molecule has 0 aromatic heterocycles. The quantitative estimate of drug-likeness (QED) is 0.722. The van der Waals surface area contributed by atoms with Crippen LogP contribution in [0.3, 0.4) is 0 Å². The summed E-state index contributed by atoms with van der Waals surface area (Å²) >= 11 is 0. The Kier molecular flexibility index (Phi) is 5.89. The molecule has 1 atom stereocenters. The van der Waals surface area contributed by atoms with E-state index in [0.717, 1.165) is 5.56 Å². The Bertz CT molecular complexity index is 679. The number of nitrogens with one attached hydrogen (secondary N) is 2. The number of halogens is 3. The molecule has 1 heterocycles. The molecule has 1 aromatic rings. The van der Waals surface area contributed by atoms with Gasteiger partial charge in [-0.15, -0.1) is 0 Å². The second kappa shape index (κ2) is 7.76. The van der Waals surface area contributed by atoms with E-state index in [1.807, 2.05) is 0 Å². The summed E-state index contributed by atoms with van der Waals surface area (Å²) in [5.74, 6) is -2.48. The number of amides is 4. The Morgan fingerprint density at radius 1 is 1.23 bits per heavy atom. The van der Waals surface area contributed by atoms with E-state index in [1.54, 1.807) is 47.9 Å². The molecule has 0 spiro atoms. The van der Waals surface area contributed by atoms with E-state index in [9.17, 15) is 27.6 Å². The summed E-state index contributed by atoms with van der Waals surface area (Å²) in [5, 5.41) is 3.33. The first-order valence-electron chi connectivity index (χ1n) is 8.27. The minimum Gasteiger partial charge on any atom is -0.318 e. The maximum Gasteiger partial charge on any atom is 0.440 e. The van der Waals surface area contributed by atoms with E-state index >= 15 is 0 Å². The van der Waals surface area contributed by atoms with Crippen molar-refractivity contribution >= 4 is 17.8 Å². The van der Waals surface area contributed by atoms with Gasteiger partial charge in [0, 0.05) is 13.0 Å². The number of hydrogen-bond donors (Lipinski definition) is 2. The molecule has 142 valence electrons. The van der Waals surface area contributed by atoms with Crippen LogP contribution in [0, 0.1) is 0 Å². The van der Waals surface area contributed by atoms with Crippen molar-refractivity contribution < 1.29 is 27.6 Å². The average Bonchev–Trinajstić information content (AvgIpc) is 2.83. The molecule has 1 unspecified atom stereocenters. The maximum absolute atomic E-state index is 13.6. The molecule has 1 fully saturated rings. The van der Waals surface area contributed by atoms with E-state index in [0.29, 0.717) is 17.7 Å². The SMILES string of the molecule is CCCCN1C(=O)NC(NC(=O)CCc2ccccc2)(C(F)(F)F)C1=O. The fraction of sp³-hybridized carbons (Fsp3) is 0.471. The van der Waals surface area contributed by atoms with Crippen LogP contribution in [-0.2, 0) is 16.0 Å². The Morgan fingerprint density at radius 2 is 1.88 bits per heavy atom. The highest BCUT2D eigenvalue weighted by Crippen LogP contribution is 2.34. The summed E-state index contributed by atoms with van der Waals surface area (Å²) in [6, 6.07) is 7.58. The summed E-state index contributed by atoms with van der Waals surface area (Å²) in [5.41, 5.74) is -2.64. The van der Waals surface area contributed by atoms with Gasteiger partial charge in [-0.2, -0.15) is 13.2 Å². The number of aryl methyl sites for hydroxylation is 1. The van der Waals surface area contributed by atoms with E-state index in [2.05, 4.69) is 0 Å². The zero-order valence-corrected chi connectivity index (χ0v) is 14.2. The number of hydrogen-bond acceptors (Lipinski definition) is 3. The molecule has 1 saturated heterocycles. The summed E-state index contributed by atoms with van der Waals surface area (Å²) < 4.78 is 40.7. The highest BCUT2D eigenvalue weighted by atomic mass is 19.4. The number of carbonyl (C=O) groups excluding carboxylic acids is 3. The van der Waals surface area contributed by atoms with E-state index in [4.69, 9.17) is 0 Å². The van der Waals surface area contributed by atoms with Gasteiger partial charge in [0.25, 0.3) is 11.6 Å². The van der Waals surface area contributed by atoms with Gasteiger partial charge >= 0.3 is 12.2 Å². The van der Waals surface area contributed by atoms with Crippen molar-refractivity contribution in [2.45, 2.75) is 44.4 Å². The topological polar surface area (TPSA) is 78.5 Å². The van der Waals surface area contributed by atoms with Crippen LogP contribution in [0.5, 0.6) is 0 Å². The van der Waals surface area contributed by atoms with Crippen LogP contribution < -0.4 is 10.6 Å². The number of nitrogens with zero attached hydrogens (tertiary/aromatic N) is 1. The molecule has 1 aromatic carbocycles. The van der Waals surface area contributed by atoms with Crippen LogP contribution in [0.4, 0.5) is 18.0 Å². The van der Waals surface area contributed by atoms with Gasteiger partial charge in [-0.3, -0.25) is 19.8 Å². The van der Waals surface area contributed by atoms with Crippen LogP contribution in [-0.4, -0.2) is 41.1 Å². The third kappa shape index (κ3) is 3.97. The third-order valence-electron chi connectivity index (χ3n) is 4.08. The third-order valence-corrected chi connectivity index (χ3v) is 4.08. The largest absolute Gasteiger partial charge is 0.440 e. The molecule has 6 nitrogen and oxygen atoms in total. The average molecular weight is 371 g/mol. The molecule has 9 heteroatoms.